The summed E-state index contributed by atoms with van der Waals surface area (Å²) < 4.78 is 0. The summed E-state index contributed by atoms with van der Waals surface area (Å²) in [4.78, 5) is 4.51. The van der Waals surface area contributed by atoms with E-state index >= 15 is 0 Å². The molecule has 0 amide bonds. The molecule has 2 aliphatic heterocycles. The van der Waals surface area contributed by atoms with E-state index in [0.717, 1.165) is 5.92 Å². The van der Waals surface area contributed by atoms with Gasteiger partial charge >= 0.3 is 0 Å². The minimum atomic E-state index is 0.313. The van der Waals surface area contributed by atoms with Crippen molar-refractivity contribution in [1.29, 1.82) is 0 Å². The number of thiophene rings is 1. The van der Waals surface area contributed by atoms with E-state index in [1.807, 2.05) is 11.3 Å². The van der Waals surface area contributed by atoms with Crippen molar-refractivity contribution in [3.05, 3.63) is 34.5 Å². The van der Waals surface area contributed by atoms with E-state index in [1.54, 1.807) is 4.88 Å². The molecule has 0 aliphatic carbocycles. The van der Waals surface area contributed by atoms with Gasteiger partial charge < -0.3 is 0 Å². The predicted molar refractivity (Wildman–Crippen MR) is 100 cm³/mol. The van der Waals surface area contributed by atoms with E-state index in [9.17, 15) is 0 Å². The fourth-order valence-corrected chi connectivity index (χ4v) is 6.81. The van der Waals surface area contributed by atoms with Crippen LogP contribution in [-0.2, 0) is 5.54 Å². The van der Waals surface area contributed by atoms with Crippen molar-refractivity contribution in [2.75, 3.05) is 24.6 Å². The third-order valence-corrected chi connectivity index (χ3v) is 7.71. The first-order valence-corrected chi connectivity index (χ1v) is 10.6. The molecule has 1 nitrogen and oxygen atoms in total. The summed E-state index contributed by atoms with van der Waals surface area (Å²) in [5, 5.41) is 5.32. The Morgan fingerprint density at radius 1 is 1.18 bits per heavy atom. The normalized spacial score (nSPS) is 26.3. The van der Waals surface area contributed by atoms with Crippen molar-refractivity contribution in [3.63, 3.8) is 0 Å². The number of piperidine rings is 1. The van der Waals surface area contributed by atoms with Crippen LogP contribution in [0.1, 0.15) is 37.5 Å². The van der Waals surface area contributed by atoms with Crippen LogP contribution in [0.4, 0.5) is 0 Å². The van der Waals surface area contributed by atoms with Crippen molar-refractivity contribution >= 4 is 33.9 Å². The maximum atomic E-state index is 2.86. The van der Waals surface area contributed by atoms with Crippen LogP contribution >= 0.6 is 23.1 Å². The van der Waals surface area contributed by atoms with E-state index in [0.29, 0.717) is 5.54 Å². The molecule has 2 aliphatic rings. The molecule has 0 saturated carbocycles. The molecular formula is C19H25NS2. The van der Waals surface area contributed by atoms with Gasteiger partial charge in [0.05, 0.1) is 5.54 Å². The SMILES string of the molecule is C[C@H]1CCCN(C2(c3scc4ccccc34)CCSCC2)C1. The van der Waals surface area contributed by atoms with Gasteiger partial charge in [-0.15, -0.1) is 11.3 Å². The van der Waals surface area contributed by atoms with Crippen LogP contribution in [0.25, 0.3) is 10.8 Å². The van der Waals surface area contributed by atoms with Crippen LogP contribution in [0.3, 0.4) is 0 Å². The number of hydrogen-bond acceptors (Lipinski definition) is 3. The molecule has 2 saturated heterocycles. The number of rotatable bonds is 2. The summed E-state index contributed by atoms with van der Waals surface area (Å²) >= 11 is 4.15. The molecule has 22 heavy (non-hydrogen) atoms. The summed E-state index contributed by atoms with van der Waals surface area (Å²) in [6, 6.07) is 9.01. The number of hydrogen-bond donors (Lipinski definition) is 0. The number of nitrogens with zero attached hydrogens (tertiary/aromatic N) is 1. The zero-order valence-electron chi connectivity index (χ0n) is 13.4. The first-order chi connectivity index (χ1) is 10.8. The Kier molecular flexibility index (Phi) is 4.23. The minimum absolute atomic E-state index is 0.313. The molecule has 3 heterocycles. The highest BCUT2D eigenvalue weighted by molar-refractivity contribution is 7.99. The van der Waals surface area contributed by atoms with Gasteiger partial charge in [0.15, 0.2) is 0 Å². The highest BCUT2D eigenvalue weighted by Gasteiger charge is 2.42. The van der Waals surface area contributed by atoms with Crippen LogP contribution in [0.15, 0.2) is 29.6 Å². The van der Waals surface area contributed by atoms with Gasteiger partial charge in [-0.3, -0.25) is 4.90 Å². The average Bonchev–Trinajstić information content (AvgIpc) is 3.00. The first kappa shape index (κ1) is 15.0. The lowest BCUT2D eigenvalue weighted by atomic mass is 9.83. The van der Waals surface area contributed by atoms with Crippen molar-refractivity contribution in [1.82, 2.24) is 4.90 Å². The van der Waals surface area contributed by atoms with Crippen molar-refractivity contribution in [2.24, 2.45) is 5.92 Å². The molecule has 2 fully saturated rings. The second-order valence-corrected chi connectivity index (χ2v) is 9.09. The van der Waals surface area contributed by atoms with Gasteiger partial charge in [-0.25, -0.2) is 0 Å². The third kappa shape index (κ3) is 2.51. The summed E-state index contributed by atoms with van der Waals surface area (Å²) in [7, 11) is 0. The minimum Gasteiger partial charge on any atom is -0.292 e. The number of likely N-dealkylation sites (tertiary alicyclic amines) is 1. The fraction of sp³-hybridized carbons (Fsp3) is 0.579. The molecular weight excluding hydrogens is 306 g/mol. The average molecular weight is 332 g/mol. The van der Waals surface area contributed by atoms with E-state index in [4.69, 9.17) is 0 Å². The standard InChI is InChI=1S/C19H25NS2/c1-15-5-4-10-20(13-15)19(8-11-21-12-9-19)18-17-7-3-2-6-16(17)14-22-18/h2-3,6-7,14-15H,4-5,8-13H2,1H3/t15-/m0/s1. The molecule has 0 bridgehead atoms. The Balaban J connectivity index is 1.80. The Morgan fingerprint density at radius 3 is 2.82 bits per heavy atom. The van der Waals surface area contributed by atoms with E-state index in [-0.39, 0.29) is 0 Å². The zero-order valence-corrected chi connectivity index (χ0v) is 15.0. The largest absolute Gasteiger partial charge is 0.292 e. The Morgan fingerprint density at radius 2 is 2.00 bits per heavy atom. The molecule has 118 valence electrons. The van der Waals surface area contributed by atoms with E-state index < -0.39 is 0 Å². The molecule has 0 N–H and O–H groups in total. The summed E-state index contributed by atoms with van der Waals surface area (Å²) in [6.07, 6.45) is 5.44. The molecule has 3 heteroatoms. The Bertz CT molecular complexity index is 642. The molecule has 2 aromatic rings. The second-order valence-electron chi connectivity index (χ2n) is 6.99. The maximum absolute atomic E-state index is 2.86. The van der Waals surface area contributed by atoms with Crippen LogP contribution in [0.2, 0.25) is 0 Å². The van der Waals surface area contributed by atoms with Gasteiger partial charge in [-0.1, -0.05) is 31.2 Å². The molecule has 1 aromatic heterocycles. The highest BCUT2D eigenvalue weighted by Crippen LogP contribution is 2.47. The number of benzene rings is 1. The summed E-state index contributed by atoms with van der Waals surface area (Å²) in [5.41, 5.74) is 0.313. The monoisotopic (exact) mass is 331 g/mol. The topological polar surface area (TPSA) is 3.24 Å². The summed E-state index contributed by atoms with van der Waals surface area (Å²) in [5.74, 6) is 3.49. The van der Waals surface area contributed by atoms with Crippen molar-refractivity contribution in [2.45, 2.75) is 38.1 Å². The second kappa shape index (κ2) is 6.18. The van der Waals surface area contributed by atoms with Gasteiger partial charge in [0, 0.05) is 11.4 Å². The van der Waals surface area contributed by atoms with Crippen molar-refractivity contribution < 1.29 is 0 Å². The Hall–Kier alpha value is -0.510. The van der Waals surface area contributed by atoms with Gasteiger partial charge in [0.2, 0.25) is 0 Å². The van der Waals surface area contributed by atoms with Crippen molar-refractivity contribution in [3.8, 4) is 0 Å². The quantitative estimate of drug-likeness (QED) is 0.729. The van der Waals surface area contributed by atoms with Crippen LogP contribution in [-0.4, -0.2) is 29.5 Å². The van der Waals surface area contributed by atoms with Gasteiger partial charge in [0.25, 0.3) is 0 Å². The van der Waals surface area contributed by atoms with Gasteiger partial charge in [0.1, 0.15) is 0 Å². The molecule has 0 unspecified atom stereocenters. The molecule has 4 rings (SSSR count). The Labute approximate surface area is 142 Å². The van der Waals surface area contributed by atoms with Crippen LogP contribution < -0.4 is 0 Å². The smallest absolute Gasteiger partial charge is 0.0575 e. The molecule has 1 atom stereocenters. The lowest BCUT2D eigenvalue weighted by Crippen LogP contribution is -2.51. The third-order valence-electron chi connectivity index (χ3n) is 5.51. The zero-order chi connectivity index (χ0) is 15.0. The highest BCUT2D eigenvalue weighted by atomic mass is 32.2. The van der Waals surface area contributed by atoms with Crippen LogP contribution in [0, 0.1) is 5.92 Å². The predicted octanol–water partition coefficient (Wildman–Crippen LogP) is 5.36. The molecule has 1 aromatic carbocycles. The van der Waals surface area contributed by atoms with Crippen LogP contribution in [0.5, 0.6) is 0 Å². The number of fused-ring (bicyclic) bond motifs is 1. The first-order valence-electron chi connectivity index (χ1n) is 8.59. The van der Waals surface area contributed by atoms with Gasteiger partial charge in [-0.2, -0.15) is 11.8 Å². The summed E-state index contributed by atoms with van der Waals surface area (Å²) in [6.45, 7) is 5.02. The lowest BCUT2D eigenvalue weighted by molar-refractivity contribution is 0.0392. The molecule has 0 spiro atoms. The van der Waals surface area contributed by atoms with E-state index in [2.05, 4.69) is 53.2 Å². The van der Waals surface area contributed by atoms with E-state index in [1.165, 1.54) is 61.1 Å². The number of thioether (sulfide) groups is 1. The fourth-order valence-electron chi connectivity index (χ4n) is 4.33. The maximum Gasteiger partial charge on any atom is 0.0575 e. The van der Waals surface area contributed by atoms with Gasteiger partial charge in [-0.05, 0) is 65.8 Å². The molecule has 0 radical (unpaired) electrons. The lowest BCUT2D eigenvalue weighted by Gasteiger charge is -2.49.